The van der Waals surface area contributed by atoms with Crippen LogP contribution in [0.4, 0.5) is 0 Å². The van der Waals surface area contributed by atoms with Crippen molar-refractivity contribution in [1.29, 1.82) is 0 Å². The third-order valence-corrected chi connectivity index (χ3v) is 2.73. The lowest BCUT2D eigenvalue weighted by molar-refractivity contribution is 0.253. The predicted molar refractivity (Wildman–Crippen MR) is 56.9 cm³/mol. The van der Waals surface area contributed by atoms with Crippen LogP contribution >= 0.6 is 0 Å². The van der Waals surface area contributed by atoms with Crippen LogP contribution in [-0.4, -0.2) is 38.7 Å². The number of likely N-dealkylation sites (tertiary alicyclic amines) is 1. The highest BCUT2D eigenvalue weighted by molar-refractivity contribution is 5.84. The second-order valence-corrected chi connectivity index (χ2v) is 3.92. The second-order valence-electron chi connectivity index (χ2n) is 3.92. The maximum atomic E-state index is 8.62. The van der Waals surface area contributed by atoms with Gasteiger partial charge in [-0.05, 0) is 6.07 Å². The number of aryl methyl sites for hydroxylation is 1. The molecule has 2 rings (SSSR count). The van der Waals surface area contributed by atoms with Crippen LogP contribution in [0, 0.1) is 0 Å². The van der Waals surface area contributed by atoms with Crippen LogP contribution < -0.4 is 0 Å². The van der Waals surface area contributed by atoms with E-state index in [4.69, 9.17) is 5.21 Å². The van der Waals surface area contributed by atoms with Crippen molar-refractivity contribution in [2.24, 2.45) is 12.2 Å². The number of hydrogen-bond acceptors (Lipinski definition) is 4. The zero-order valence-corrected chi connectivity index (χ0v) is 8.93. The molecule has 0 radical (unpaired) electrons. The van der Waals surface area contributed by atoms with Crippen LogP contribution in [0.5, 0.6) is 0 Å². The molecule has 0 aromatic carbocycles. The smallest absolute Gasteiger partial charge is 0.0764 e. The van der Waals surface area contributed by atoms with Crippen LogP contribution in [0.1, 0.15) is 18.5 Å². The van der Waals surface area contributed by atoms with Gasteiger partial charge in [-0.25, -0.2) is 0 Å². The zero-order chi connectivity index (χ0) is 10.7. The summed E-state index contributed by atoms with van der Waals surface area (Å²) in [6.45, 7) is 2.80. The van der Waals surface area contributed by atoms with E-state index in [1.807, 2.05) is 24.0 Å². The molecule has 1 aromatic heterocycles. The average Bonchev–Trinajstić information content (AvgIpc) is 2.65. The topological polar surface area (TPSA) is 53.7 Å². The minimum absolute atomic E-state index is 0.864. The lowest BCUT2D eigenvalue weighted by Crippen LogP contribution is -2.33. The summed E-state index contributed by atoms with van der Waals surface area (Å²) in [5.41, 5.74) is 2.01. The molecule has 0 saturated carbocycles. The summed E-state index contributed by atoms with van der Waals surface area (Å²) in [7, 11) is 1.93. The van der Waals surface area contributed by atoms with Crippen molar-refractivity contribution in [3.8, 4) is 0 Å². The maximum Gasteiger partial charge on any atom is 0.0764 e. The summed E-state index contributed by atoms with van der Waals surface area (Å²) >= 11 is 0. The fraction of sp³-hybridized carbons (Fsp3) is 0.600. The number of aromatic nitrogens is 2. The molecule has 1 aliphatic rings. The van der Waals surface area contributed by atoms with Gasteiger partial charge in [0.05, 0.1) is 11.4 Å². The van der Waals surface area contributed by atoms with Crippen LogP contribution in [0.3, 0.4) is 0 Å². The Hall–Kier alpha value is -1.36. The third-order valence-electron chi connectivity index (χ3n) is 2.73. The van der Waals surface area contributed by atoms with Gasteiger partial charge in [0.15, 0.2) is 0 Å². The van der Waals surface area contributed by atoms with Gasteiger partial charge in [0, 0.05) is 45.7 Å². The molecule has 1 aromatic rings. The summed E-state index contributed by atoms with van der Waals surface area (Å²) in [5, 5.41) is 16.2. The average molecular weight is 208 g/mol. The SMILES string of the molecule is Cn1ccc(CN2CCC(=NO)CC2)n1. The summed E-state index contributed by atoms with van der Waals surface area (Å²) in [5.74, 6) is 0. The van der Waals surface area contributed by atoms with Gasteiger partial charge in [-0.1, -0.05) is 5.16 Å². The summed E-state index contributed by atoms with van der Waals surface area (Å²) in [6.07, 6.45) is 3.69. The molecule has 0 aliphatic carbocycles. The van der Waals surface area contributed by atoms with E-state index in [1.54, 1.807) is 0 Å². The standard InChI is InChI=1S/C10H16N4O/c1-13-5-2-10(11-13)8-14-6-3-9(12-15)4-7-14/h2,5,15H,3-4,6-8H2,1H3. The molecular formula is C10H16N4O. The number of rotatable bonds is 2. The van der Waals surface area contributed by atoms with Crippen LogP contribution in [0.15, 0.2) is 17.4 Å². The molecular weight excluding hydrogens is 192 g/mol. The summed E-state index contributed by atoms with van der Waals surface area (Å²) < 4.78 is 1.82. The largest absolute Gasteiger partial charge is 0.411 e. The Morgan fingerprint density at radius 2 is 2.20 bits per heavy atom. The Balaban J connectivity index is 1.87. The van der Waals surface area contributed by atoms with Gasteiger partial charge in [0.1, 0.15) is 0 Å². The van der Waals surface area contributed by atoms with E-state index in [9.17, 15) is 0 Å². The lowest BCUT2D eigenvalue weighted by atomic mass is 10.1. The molecule has 5 nitrogen and oxygen atoms in total. The van der Waals surface area contributed by atoms with E-state index >= 15 is 0 Å². The molecule has 0 bridgehead atoms. The zero-order valence-electron chi connectivity index (χ0n) is 8.93. The highest BCUT2D eigenvalue weighted by atomic mass is 16.4. The molecule has 1 aliphatic heterocycles. The summed E-state index contributed by atoms with van der Waals surface area (Å²) in [6, 6.07) is 2.04. The first kappa shape index (κ1) is 10.2. The number of nitrogens with zero attached hydrogens (tertiary/aromatic N) is 4. The normalized spacial score (nSPS) is 18.1. The van der Waals surface area contributed by atoms with Gasteiger partial charge in [-0.15, -0.1) is 0 Å². The molecule has 2 heterocycles. The minimum Gasteiger partial charge on any atom is -0.411 e. The van der Waals surface area contributed by atoms with Crippen molar-refractivity contribution in [3.05, 3.63) is 18.0 Å². The Kier molecular flexibility index (Phi) is 3.01. The molecule has 15 heavy (non-hydrogen) atoms. The molecule has 1 N–H and O–H groups in total. The number of oxime groups is 1. The highest BCUT2D eigenvalue weighted by Gasteiger charge is 2.15. The number of piperidine rings is 1. The Morgan fingerprint density at radius 3 is 2.73 bits per heavy atom. The van der Waals surface area contributed by atoms with Gasteiger partial charge in [-0.3, -0.25) is 9.58 Å². The van der Waals surface area contributed by atoms with Crippen molar-refractivity contribution >= 4 is 5.71 Å². The molecule has 0 spiro atoms. The van der Waals surface area contributed by atoms with E-state index in [-0.39, 0.29) is 0 Å². The molecule has 0 unspecified atom stereocenters. The Bertz CT molecular complexity index is 348. The van der Waals surface area contributed by atoms with Crippen LogP contribution in [0.25, 0.3) is 0 Å². The first-order valence-corrected chi connectivity index (χ1v) is 5.18. The highest BCUT2D eigenvalue weighted by Crippen LogP contribution is 2.10. The fourth-order valence-electron chi connectivity index (χ4n) is 1.85. The van der Waals surface area contributed by atoms with Gasteiger partial charge in [-0.2, -0.15) is 5.10 Å². The summed E-state index contributed by atoms with van der Waals surface area (Å²) in [4.78, 5) is 2.33. The van der Waals surface area contributed by atoms with E-state index < -0.39 is 0 Å². The molecule has 0 amide bonds. The third kappa shape index (κ3) is 2.56. The molecule has 82 valence electrons. The van der Waals surface area contributed by atoms with E-state index in [2.05, 4.69) is 15.2 Å². The monoisotopic (exact) mass is 208 g/mol. The van der Waals surface area contributed by atoms with Crippen LogP contribution in [-0.2, 0) is 13.6 Å². The Labute approximate surface area is 89.0 Å². The van der Waals surface area contributed by atoms with Crippen molar-refractivity contribution in [2.45, 2.75) is 19.4 Å². The molecule has 1 fully saturated rings. The second kappa shape index (κ2) is 4.44. The minimum atomic E-state index is 0.864. The van der Waals surface area contributed by atoms with Gasteiger partial charge < -0.3 is 5.21 Å². The quantitative estimate of drug-likeness (QED) is 0.579. The first-order valence-electron chi connectivity index (χ1n) is 5.18. The van der Waals surface area contributed by atoms with E-state index in [1.165, 1.54) is 0 Å². The van der Waals surface area contributed by atoms with E-state index in [0.717, 1.165) is 43.9 Å². The fourth-order valence-corrected chi connectivity index (χ4v) is 1.85. The molecule has 1 saturated heterocycles. The van der Waals surface area contributed by atoms with Crippen molar-refractivity contribution in [2.75, 3.05) is 13.1 Å². The lowest BCUT2D eigenvalue weighted by Gasteiger charge is -2.25. The van der Waals surface area contributed by atoms with Crippen molar-refractivity contribution in [1.82, 2.24) is 14.7 Å². The van der Waals surface area contributed by atoms with Gasteiger partial charge >= 0.3 is 0 Å². The first-order chi connectivity index (χ1) is 7.28. The molecule has 5 heteroatoms. The maximum absolute atomic E-state index is 8.62. The van der Waals surface area contributed by atoms with Crippen LogP contribution in [0.2, 0.25) is 0 Å². The van der Waals surface area contributed by atoms with Gasteiger partial charge in [0.2, 0.25) is 0 Å². The predicted octanol–water partition coefficient (Wildman–Crippen LogP) is 0.846. The van der Waals surface area contributed by atoms with Crippen molar-refractivity contribution in [3.63, 3.8) is 0 Å². The Morgan fingerprint density at radius 1 is 1.47 bits per heavy atom. The van der Waals surface area contributed by atoms with Gasteiger partial charge in [0.25, 0.3) is 0 Å². The van der Waals surface area contributed by atoms with Crippen molar-refractivity contribution < 1.29 is 5.21 Å². The van der Waals surface area contributed by atoms with E-state index in [0.29, 0.717) is 0 Å². The molecule has 0 atom stereocenters. The number of hydrogen-bond donors (Lipinski definition) is 1.